The van der Waals surface area contributed by atoms with Gasteiger partial charge in [-0.15, -0.1) is 0 Å². The highest BCUT2D eigenvalue weighted by atomic mass is 15.0. The van der Waals surface area contributed by atoms with Gasteiger partial charge in [0.15, 0.2) is 0 Å². The van der Waals surface area contributed by atoms with Crippen LogP contribution in [0, 0.1) is 0 Å². The fraction of sp³-hybridized carbons (Fsp3) is 0.333. The van der Waals surface area contributed by atoms with E-state index in [1.54, 1.807) is 0 Å². The van der Waals surface area contributed by atoms with Crippen LogP contribution in [0.25, 0.3) is 0 Å². The van der Waals surface area contributed by atoms with Crippen LogP contribution >= 0.6 is 0 Å². The fourth-order valence-electron chi connectivity index (χ4n) is 1.86. The predicted molar refractivity (Wildman–Crippen MR) is 76.8 cm³/mol. The Morgan fingerprint density at radius 1 is 1.28 bits per heavy atom. The smallest absolute Gasteiger partial charge is 0.129 e. The summed E-state index contributed by atoms with van der Waals surface area (Å²) in [5.41, 5.74) is 2.44. The highest BCUT2D eigenvalue weighted by Crippen LogP contribution is 2.07. The Bertz CT molecular complexity index is 484. The third-order valence-electron chi connectivity index (χ3n) is 2.84. The molecule has 3 heteroatoms. The minimum Gasteiger partial charge on any atom is -0.348 e. The van der Waals surface area contributed by atoms with E-state index in [9.17, 15) is 0 Å². The molecule has 0 fully saturated rings. The summed E-state index contributed by atoms with van der Waals surface area (Å²) >= 11 is 0. The number of nitrogens with one attached hydrogen (secondary N) is 1. The molecule has 1 N–H and O–H groups in total. The van der Waals surface area contributed by atoms with E-state index in [0.717, 1.165) is 24.5 Å². The van der Waals surface area contributed by atoms with Crippen LogP contribution in [-0.4, -0.2) is 11.7 Å². The number of benzene rings is 1. The minimum atomic E-state index is 0.697. The molecule has 0 aliphatic carbocycles. The Balaban J connectivity index is 2.09. The molecule has 0 saturated heterocycles. The number of hydrogen-bond acceptors (Lipinski definition) is 2. The van der Waals surface area contributed by atoms with Crippen molar-refractivity contribution in [2.45, 2.75) is 33.2 Å². The Morgan fingerprint density at radius 2 is 2.06 bits per heavy atom. The highest BCUT2D eigenvalue weighted by Gasteiger charge is 2.05. The zero-order chi connectivity index (χ0) is 12.8. The van der Waals surface area contributed by atoms with E-state index in [0.29, 0.717) is 6.54 Å². The maximum atomic E-state index is 4.58. The van der Waals surface area contributed by atoms with Gasteiger partial charge in [-0.25, -0.2) is 4.99 Å². The Kier molecular flexibility index (Phi) is 4.29. The fourth-order valence-corrected chi connectivity index (χ4v) is 1.86. The van der Waals surface area contributed by atoms with Crippen molar-refractivity contribution in [3.05, 3.63) is 47.7 Å². The molecular formula is C15H19N3. The molecule has 0 aromatic heterocycles. The summed E-state index contributed by atoms with van der Waals surface area (Å²) in [5, 5.41) is 3.29. The van der Waals surface area contributed by atoms with E-state index < -0.39 is 0 Å². The van der Waals surface area contributed by atoms with E-state index >= 15 is 0 Å². The predicted octanol–water partition coefficient (Wildman–Crippen LogP) is 3.29. The zero-order valence-corrected chi connectivity index (χ0v) is 11.0. The van der Waals surface area contributed by atoms with Crippen molar-refractivity contribution in [3.8, 4) is 0 Å². The Morgan fingerprint density at radius 3 is 2.78 bits per heavy atom. The Labute approximate surface area is 108 Å². The normalized spacial score (nSPS) is 17.8. The lowest BCUT2D eigenvalue weighted by Gasteiger charge is -2.04. The minimum absolute atomic E-state index is 0.697. The van der Waals surface area contributed by atoms with Gasteiger partial charge in [-0.2, -0.15) is 0 Å². The average Bonchev–Trinajstić information content (AvgIpc) is 2.59. The van der Waals surface area contributed by atoms with E-state index in [1.807, 2.05) is 25.1 Å². The molecule has 1 heterocycles. The van der Waals surface area contributed by atoms with Gasteiger partial charge in [-0.3, -0.25) is 4.99 Å². The largest absolute Gasteiger partial charge is 0.348 e. The highest BCUT2D eigenvalue weighted by molar-refractivity contribution is 5.98. The second-order valence-corrected chi connectivity index (χ2v) is 4.33. The SMILES string of the molecule is CCC1=CCC(=NCc2ccccc2)N=C(C)N1. The standard InChI is InChI=1S/C15H19N3/c1-3-14-9-10-15(18-12(2)17-14)16-11-13-7-5-4-6-8-13/h4-9H,3,10-11H2,1-2H3,(H,16,17,18). The first kappa shape index (κ1) is 12.6. The summed E-state index contributed by atoms with van der Waals surface area (Å²) in [7, 11) is 0. The van der Waals surface area contributed by atoms with E-state index in [-0.39, 0.29) is 0 Å². The molecule has 1 aromatic carbocycles. The zero-order valence-electron chi connectivity index (χ0n) is 11.0. The number of allylic oxidation sites excluding steroid dienone is 1. The van der Waals surface area contributed by atoms with E-state index in [1.165, 1.54) is 11.3 Å². The number of hydrogen-bond donors (Lipinski definition) is 1. The van der Waals surface area contributed by atoms with Crippen LogP contribution in [0.3, 0.4) is 0 Å². The van der Waals surface area contributed by atoms with Crippen molar-refractivity contribution in [1.29, 1.82) is 0 Å². The van der Waals surface area contributed by atoms with Gasteiger partial charge in [0.25, 0.3) is 0 Å². The van der Waals surface area contributed by atoms with Gasteiger partial charge in [-0.05, 0) is 18.9 Å². The first-order valence-electron chi connectivity index (χ1n) is 6.36. The molecule has 0 radical (unpaired) electrons. The summed E-state index contributed by atoms with van der Waals surface area (Å²) in [6.07, 6.45) is 3.98. The van der Waals surface area contributed by atoms with E-state index in [2.05, 4.69) is 40.4 Å². The second-order valence-electron chi connectivity index (χ2n) is 4.33. The summed E-state index contributed by atoms with van der Waals surface area (Å²) in [6, 6.07) is 10.3. The average molecular weight is 241 g/mol. The maximum absolute atomic E-state index is 4.58. The van der Waals surface area contributed by atoms with Crippen molar-refractivity contribution in [2.75, 3.05) is 0 Å². The number of amidine groups is 2. The molecule has 0 saturated carbocycles. The lowest BCUT2D eigenvalue weighted by molar-refractivity contribution is 0.970. The molecule has 0 atom stereocenters. The molecule has 1 aromatic rings. The molecule has 18 heavy (non-hydrogen) atoms. The van der Waals surface area contributed by atoms with Gasteiger partial charge in [0.2, 0.25) is 0 Å². The van der Waals surface area contributed by atoms with Gasteiger partial charge in [0, 0.05) is 12.1 Å². The van der Waals surface area contributed by atoms with E-state index in [4.69, 9.17) is 0 Å². The number of nitrogens with zero attached hydrogens (tertiary/aromatic N) is 2. The second kappa shape index (κ2) is 6.15. The van der Waals surface area contributed by atoms with Gasteiger partial charge in [-0.1, -0.05) is 43.3 Å². The third kappa shape index (κ3) is 3.55. The maximum Gasteiger partial charge on any atom is 0.129 e. The summed E-state index contributed by atoms with van der Waals surface area (Å²) in [5.74, 6) is 1.82. The van der Waals surface area contributed by atoms with Crippen molar-refractivity contribution >= 4 is 11.7 Å². The molecule has 3 nitrogen and oxygen atoms in total. The van der Waals surface area contributed by atoms with Crippen molar-refractivity contribution < 1.29 is 0 Å². The molecule has 1 aliphatic rings. The van der Waals surface area contributed by atoms with Gasteiger partial charge in [0.1, 0.15) is 11.7 Å². The third-order valence-corrected chi connectivity index (χ3v) is 2.84. The summed E-state index contributed by atoms with van der Waals surface area (Å²) < 4.78 is 0. The van der Waals surface area contributed by atoms with Crippen LogP contribution < -0.4 is 5.32 Å². The summed E-state index contributed by atoms with van der Waals surface area (Å²) in [6.45, 7) is 4.81. The van der Waals surface area contributed by atoms with Gasteiger partial charge >= 0.3 is 0 Å². The van der Waals surface area contributed by atoms with Crippen molar-refractivity contribution in [3.63, 3.8) is 0 Å². The number of rotatable bonds is 3. The molecule has 94 valence electrons. The first-order valence-corrected chi connectivity index (χ1v) is 6.36. The molecule has 0 unspecified atom stereocenters. The van der Waals surface area contributed by atoms with Crippen LogP contribution in [0.15, 0.2) is 52.1 Å². The van der Waals surface area contributed by atoms with Crippen molar-refractivity contribution in [1.82, 2.24) is 5.32 Å². The van der Waals surface area contributed by atoms with Crippen LogP contribution in [0.1, 0.15) is 32.3 Å². The molecular weight excluding hydrogens is 222 g/mol. The van der Waals surface area contributed by atoms with Gasteiger partial charge < -0.3 is 5.32 Å². The van der Waals surface area contributed by atoms with Crippen LogP contribution in [0.2, 0.25) is 0 Å². The first-order chi connectivity index (χ1) is 8.78. The van der Waals surface area contributed by atoms with Crippen molar-refractivity contribution in [2.24, 2.45) is 9.98 Å². The quantitative estimate of drug-likeness (QED) is 0.866. The number of aliphatic imine (C=N–C) groups is 2. The molecule has 2 rings (SSSR count). The molecule has 0 spiro atoms. The van der Waals surface area contributed by atoms with Crippen LogP contribution in [-0.2, 0) is 6.54 Å². The summed E-state index contributed by atoms with van der Waals surface area (Å²) in [4.78, 5) is 9.07. The van der Waals surface area contributed by atoms with Crippen LogP contribution in [0.5, 0.6) is 0 Å². The van der Waals surface area contributed by atoms with Gasteiger partial charge in [0.05, 0.1) is 6.54 Å². The molecule has 0 amide bonds. The molecule has 1 aliphatic heterocycles. The lowest BCUT2D eigenvalue weighted by atomic mass is 10.2. The van der Waals surface area contributed by atoms with Crippen LogP contribution in [0.4, 0.5) is 0 Å². The molecule has 0 bridgehead atoms. The topological polar surface area (TPSA) is 36.8 Å². The lowest BCUT2D eigenvalue weighted by Crippen LogP contribution is -2.18. The Hall–Kier alpha value is -1.90. The monoisotopic (exact) mass is 241 g/mol.